The molecule has 108 valence electrons. The Morgan fingerprint density at radius 3 is 2.90 bits per heavy atom. The Morgan fingerprint density at radius 1 is 1.20 bits per heavy atom. The molecular formula is C18H25NO. The highest BCUT2D eigenvalue weighted by molar-refractivity contribution is 5.35. The normalized spacial score (nSPS) is 28.8. The van der Waals surface area contributed by atoms with Crippen molar-refractivity contribution >= 4 is 0 Å². The first kappa shape index (κ1) is 12.8. The van der Waals surface area contributed by atoms with Gasteiger partial charge in [-0.1, -0.05) is 18.2 Å². The Kier molecular flexibility index (Phi) is 3.31. The molecule has 1 saturated carbocycles. The van der Waals surface area contributed by atoms with E-state index in [1.54, 1.807) is 11.1 Å². The van der Waals surface area contributed by atoms with Crippen molar-refractivity contribution in [2.24, 2.45) is 5.41 Å². The lowest BCUT2D eigenvalue weighted by molar-refractivity contribution is 0.149. The third-order valence-corrected chi connectivity index (χ3v) is 5.27. The summed E-state index contributed by atoms with van der Waals surface area (Å²) in [6, 6.07) is 8.00. The van der Waals surface area contributed by atoms with Crippen molar-refractivity contribution in [2.75, 3.05) is 19.8 Å². The molecule has 1 heterocycles. The van der Waals surface area contributed by atoms with Crippen molar-refractivity contribution in [1.82, 2.24) is 5.32 Å². The molecule has 2 aliphatic carbocycles. The number of hydrogen-bond acceptors (Lipinski definition) is 2. The predicted octanol–water partition coefficient (Wildman–Crippen LogP) is 2.88. The van der Waals surface area contributed by atoms with Gasteiger partial charge in [0.2, 0.25) is 0 Å². The summed E-state index contributed by atoms with van der Waals surface area (Å²) in [4.78, 5) is 0. The molecule has 3 aliphatic rings. The first-order valence-electron chi connectivity index (χ1n) is 8.25. The molecule has 1 atom stereocenters. The van der Waals surface area contributed by atoms with E-state index in [9.17, 15) is 0 Å². The van der Waals surface area contributed by atoms with Crippen LogP contribution in [-0.2, 0) is 24.0 Å². The van der Waals surface area contributed by atoms with Crippen molar-refractivity contribution in [3.8, 4) is 0 Å². The number of benzene rings is 1. The van der Waals surface area contributed by atoms with Crippen LogP contribution in [0.4, 0.5) is 0 Å². The third-order valence-electron chi connectivity index (χ3n) is 5.27. The van der Waals surface area contributed by atoms with Crippen LogP contribution in [0.5, 0.6) is 0 Å². The van der Waals surface area contributed by atoms with Gasteiger partial charge in [0.05, 0.1) is 6.61 Å². The quantitative estimate of drug-likeness (QED) is 0.889. The molecule has 1 aromatic carbocycles. The molecule has 1 aliphatic heterocycles. The summed E-state index contributed by atoms with van der Waals surface area (Å²) in [7, 11) is 0. The monoisotopic (exact) mass is 271 g/mol. The zero-order chi connectivity index (χ0) is 13.4. The maximum Gasteiger partial charge on any atom is 0.0538 e. The Balaban J connectivity index is 1.49. The Bertz CT molecular complexity index is 486. The summed E-state index contributed by atoms with van der Waals surface area (Å²) in [6.45, 7) is 3.01. The van der Waals surface area contributed by atoms with E-state index in [0.717, 1.165) is 25.8 Å². The molecule has 2 nitrogen and oxygen atoms in total. The van der Waals surface area contributed by atoms with E-state index in [1.807, 2.05) is 0 Å². The lowest BCUT2D eigenvalue weighted by Crippen LogP contribution is -2.37. The van der Waals surface area contributed by atoms with Crippen molar-refractivity contribution < 1.29 is 4.74 Å². The van der Waals surface area contributed by atoms with Gasteiger partial charge in [-0.3, -0.25) is 0 Å². The van der Waals surface area contributed by atoms with Crippen LogP contribution in [-0.4, -0.2) is 25.8 Å². The summed E-state index contributed by atoms with van der Waals surface area (Å²) in [5.41, 5.74) is 5.05. The summed E-state index contributed by atoms with van der Waals surface area (Å²) in [6.07, 6.45) is 9.05. The van der Waals surface area contributed by atoms with Crippen LogP contribution in [0.1, 0.15) is 42.4 Å². The molecule has 20 heavy (non-hydrogen) atoms. The highest BCUT2D eigenvalue weighted by atomic mass is 16.5. The van der Waals surface area contributed by atoms with E-state index in [-0.39, 0.29) is 0 Å². The Labute approximate surface area is 121 Å². The predicted molar refractivity (Wildman–Crippen MR) is 81.1 cm³/mol. The lowest BCUT2D eigenvalue weighted by Gasteiger charge is -2.28. The van der Waals surface area contributed by atoms with E-state index in [4.69, 9.17) is 4.74 Å². The standard InChI is InChI=1S/C18H25NO/c1-2-15-5-4-14(10-16(15)3-1)11-18(8-9-20-13-18)12-19-17-6-7-17/h4-5,10,17,19H,1-3,6-9,11-13H2. The van der Waals surface area contributed by atoms with Crippen LogP contribution in [0, 0.1) is 5.41 Å². The number of hydrogen-bond donors (Lipinski definition) is 1. The molecule has 1 unspecified atom stereocenters. The molecule has 0 radical (unpaired) electrons. The number of aryl methyl sites for hydroxylation is 2. The van der Waals surface area contributed by atoms with Crippen LogP contribution < -0.4 is 5.32 Å². The zero-order valence-corrected chi connectivity index (χ0v) is 12.3. The number of rotatable bonds is 5. The molecule has 0 bridgehead atoms. The lowest BCUT2D eigenvalue weighted by atomic mass is 9.80. The van der Waals surface area contributed by atoms with Gasteiger partial charge in [0.15, 0.2) is 0 Å². The van der Waals surface area contributed by atoms with Gasteiger partial charge < -0.3 is 10.1 Å². The minimum absolute atomic E-state index is 0.343. The number of ether oxygens (including phenoxy) is 1. The van der Waals surface area contributed by atoms with Crippen LogP contribution in [0.3, 0.4) is 0 Å². The Hall–Kier alpha value is -0.860. The van der Waals surface area contributed by atoms with Gasteiger partial charge >= 0.3 is 0 Å². The van der Waals surface area contributed by atoms with Crippen LogP contribution in [0.25, 0.3) is 0 Å². The summed E-state index contributed by atoms with van der Waals surface area (Å²) < 4.78 is 5.74. The Morgan fingerprint density at radius 2 is 2.10 bits per heavy atom. The van der Waals surface area contributed by atoms with Gasteiger partial charge in [0.25, 0.3) is 0 Å². The van der Waals surface area contributed by atoms with E-state index in [0.29, 0.717) is 5.41 Å². The van der Waals surface area contributed by atoms with Crippen LogP contribution >= 0.6 is 0 Å². The third kappa shape index (κ3) is 2.64. The van der Waals surface area contributed by atoms with Crippen molar-refractivity contribution in [2.45, 2.75) is 51.0 Å². The molecule has 1 saturated heterocycles. The van der Waals surface area contributed by atoms with E-state index in [1.165, 1.54) is 50.5 Å². The van der Waals surface area contributed by atoms with Crippen molar-refractivity contribution in [3.63, 3.8) is 0 Å². The summed E-state index contributed by atoms with van der Waals surface area (Å²) >= 11 is 0. The van der Waals surface area contributed by atoms with Gasteiger partial charge in [-0.2, -0.15) is 0 Å². The van der Waals surface area contributed by atoms with Gasteiger partial charge in [0.1, 0.15) is 0 Å². The second-order valence-corrected chi connectivity index (χ2v) is 7.09. The second kappa shape index (κ2) is 5.16. The number of nitrogens with one attached hydrogen (secondary N) is 1. The van der Waals surface area contributed by atoms with E-state index < -0.39 is 0 Å². The van der Waals surface area contributed by atoms with Crippen molar-refractivity contribution in [1.29, 1.82) is 0 Å². The maximum absolute atomic E-state index is 5.74. The number of fused-ring (bicyclic) bond motifs is 1. The smallest absolute Gasteiger partial charge is 0.0538 e. The molecule has 4 rings (SSSR count). The molecule has 0 spiro atoms. The molecule has 1 aromatic rings. The fourth-order valence-electron chi connectivity index (χ4n) is 3.81. The van der Waals surface area contributed by atoms with Gasteiger partial charge in [-0.15, -0.1) is 0 Å². The summed E-state index contributed by atoms with van der Waals surface area (Å²) in [5.74, 6) is 0. The average Bonchev–Trinajstić information content (AvgIpc) is 2.98. The first-order valence-corrected chi connectivity index (χ1v) is 8.25. The zero-order valence-electron chi connectivity index (χ0n) is 12.3. The topological polar surface area (TPSA) is 21.3 Å². The average molecular weight is 271 g/mol. The minimum atomic E-state index is 0.343. The fourth-order valence-corrected chi connectivity index (χ4v) is 3.81. The second-order valence-electron chi connectivity index (χ2n) is 7.09. The van der Waals surface area contributed by atoms with E-state index in [2.05, 4.69) is 23.5 Å². The van der Waals surface area contributed by atoms with Crippen LogP contribution in [0.2, 0.25) is 0 Å². The highest BCUT2D eigenvalue weighted by Gasteiger charge is 2.36. The van der Waals surface area contributed by atoms with Gasteiger partial charge in [-0.05, 0) is 61.6 Å². The van der Waals surface area contributed by atoms with Gasteiger partial charge in [0, 0.05) is 24.6 Å². The maximum atomic E-state index is 5.74. The molecule has 2 heteroatoms. The molecule has 0 amide bonds. The molecular weight excluding hydrogens is 246 g/mol. The molecule has 1 N–H and O–H groups in total. The van der Waals surface area contributed by atoms with Crippen molar-refractivity contribution in [3.05, 3.63) is 34.9 Å². The molecule has 2 fully saturated rings. The largest absolute Gasteiger partial charge is 0.381 e. The fraction of sp³-hybridized carbons (Fsp3) is 0.667. The highest BCUT2D eigenvalue weighted by Crippen LogP contribution is 2.34. The summed E-state index contributed by atoms with van der Waals surface area (Å²) in [5, 5.41) is 3.73. The van der Waals surface area contributed by atoms with Crippen LogP contribution in [0.15, 0.2) is 18.2 Å². The van der Waals surface area contributed by atoms with Gasteiger partial charge in [-0.25, -0.2) is 0 Å². The molecule has 0 aromatic heterocycles. The first-order chi connectivity index (χ1) is 9.83. The minimum Gasteiger partial charge on any atom is -0.381 e. The van der Waals surface area contributed by atoms with E-state index >= 15 is 0 Å². The SMILES string of the molecule is c1cc2c(cc1CC1(CNC3CC3)CCOC1)CCC2.